The second-order valence-electron chi connectivity index (χ2n) is 7.73. The van der Waals surface area contributed by atoms with Crippen molar-refractivity contribution in [3.05, 3.63) is 95.6 Å². The molecule has 1 atom stereocenters. The third kappa shape index (κ3) is 3.61. The molecule has 1 aliphatic carbocycles. The monoisotopic (exact) mass is 413 g/mol. The van der Waals surface area contributed by atoms with Gasteiger partial charge in [-0.2, -0.15) is 0 Å². The zero-order valence-corrected chi connectivity index (χ0v) is 17.0. The average Bonchev–Trinajstić information content (AvgIpc) is 3.26. The number of benzene rings is 2. The van der Waals surface area contributed by atoms with E-state index in [2.05, 4.69) is 10.6 Å². The van der Waals surface area contributed by atoms with Crippen LogP contribution in [0.15, 0.2) is 88.7 Å². The minimum absolute atomic E-state index is 0.0826. The summed E-state index contributed by atoms with van der Waals surface area (Å²) in [5.41, 5.74) is 4.02. The second kappa shape index (κ2) is 8.14. The smallest absolute Gasteiger partial charge is 0.323 e. The van der Waals surface area contributed by atoms with Gasteiger partial charge >= 0.3 is 6.03 Å². The lowest BCUT2D eigenvalue weighted by molar-refractivity contribution is -0.116. The molecule has 2 aromatic carbocycles. The molecule has 3 aromatic rings. The van der Waals surface area contributed by atoms with E-state index in [0.717, 1.165) is 35.5 Å². The van der Waals surface area contributed by atoms with Crippen molar-refractivity contribution < 1.29 is 14.0 Å². The first-order valence-corrected chi connectivity index (χ1v) is 10.5. The van der Waals surface area contributed by atoms with Crippen LogP contribution in [0.1, 0.15) is 36.6 Å². The topological polar surface area (TPSA) is 74.6 Å². The molecule has 156 valence electrons. The van der Waals surface area contributed by atoms with E-state index in [1.807, 2.05) is 60.7 Å². The average molecular weight is 413 g/mol. The van der Waals surface area contributed by atoms with Gasteiger partial charge in [0.1, 0.15) is 5.76 Å². The van der Waals surface area contributed by atoms with Gasteiger partial charge in [-0.15, -0.1) is 0 Å². The summed E-state index contributed by atoms with van der Waals surface area (Å²) in [6.45, 7) is 0.263. The van der Waals surface area contributed by atoms with Crippen LogP contribution in [-0.4, -0.2) is 11.8 Å². The number of allylic oxidation sites excluding steroid dienone is 1. The van der Waals surface area contributed by atoms with Crippen molar-refractivity contribution in [3.8, 4) is 0 Å². The van der Waals surface area contributed by atoms with Gasteiger partial charge in [-0.25, -0.2) is 4.79 Å². The molecule has 0 unspecified atom stereocenters. The Labute approximate surface area is 180 Å². The highest BCUT2D eigenvalue weighted by atomic mass is 16.3. The fourth-order valence-electron chi connectivity index (χ4n) is 4.37. The van der Waals surface area contributed by atoms with E-state index in [4.69, 9.17) is 4.42 Å². The lowest BCUT2D eigenvalue weighted by Crippen LogP contribution is -2.43. The molecule has 2 N–H and O–H groups in total. The van der Waals surface area contributed by atoms with Crippen molar-refractivity contribution in [3.63, 3.8) is 0 Å². The quantitative estimate of drug-likeness (QED) is 0.621. The maximum atomic E-state index is 13.6. The second-order valence-corrected chi connectivity index (χ2v) is 7.73. The van der Waals surface area contributed by atoms with Crippen LogP contribution >= 0.6 is 0 Å². The van der Waals surface area contributed by atoms with Crippen LogP contribution in [0.4, 0.5) is 16.2 Å². The summed E-state index contributed by atoms with van der Waals surface area (Å²) in [4.78, 5) is 28.4. The molecule has 0 fully saturated rings. The summed E-state index contributed by atoms with van der Waals surface area (Å²) in [5, 5.41) is 6.43. The number of hydrogen-bond donors (Lipinski definition) is 2. The van der Waals surface area contributed by atoms with Crippen LogP contribution in [-0.2, 0) is 11.3 Å². The Morgan fingerprint density at radius 2 is 1.84 bits per heavy atom. The van der Waals surface area contributed by atoms with E-state index in [0.29, 0.717) is 17.8 Å². The number of carbonyl (C=O) groups is 2. The predicted octanol–water partition coefficient (Wildman–Crippen LogP) is 5.17. The van der Waals surface area contributed by atoms with Crippen LogP contribution in [0.3, 0.4) is 0 Å². The third-order valence-electron chi connectivity index (χ3n) is 5.76. The number of fused-ring (bicyclic) bond motifs is 1. The first-order valence-electron chi connectivity index (χ1n) is 10.5. The summed E-state index contributed by atoms with van der Waals surface area (Å²) in [7, 11) is 0. The summed E-state index contributed by atoms with van der Waals surface area (Å²) < 4.78 is 5.37. The lowest BCUT2D eigenvalue weighted by Gasteiger charge is -2.33. The number of carbonyl (C=O) groups excluding carboxylic acids is 2. The van der Waals surface area contributed by atoms with Crippen molar-refractivity contribution >= 4 is 23.2 Å². The van der Waals surface area contributed by atoms with E-state index in [-0.39, 0.29) is 18.4 Å². The van der Waals surface area contributed by atoms with Crippen molar-refractivity contribution in [2.24, 2.45) is 0 Å². The first-order chi connectivity index (χ1) is 15.2. The Balaban J connectivity index is 1.64. The fraction of sp³-hybridized carbons (Fsp3) is 0.200. The minimum Gasteiger partial charge on any atom is -0.467 e. The maximum absolute atomic E-state index is 13.6. The number of para-hydroxylation sites is 2. The van der Waals surface area contributed by atoms with Gasteiger partial charge in [0.05, 0.1) is 30.2 Å². The zero-order chi connectivity index (χ0) is 21.2. The van der Waals surface area contributed by atoms with Gasteiger partial charge in [0.25, 0.3) is 0 Å². The summed E-state index contributed by atoms with van der Waals surface area (Å²) in [6, 6.07) is 20.2. The van der Waals surface area contributed by atoms with Gasteiger partial charge < -0.3 is 15.1 Å². The van der Waals surface area contributed by atoms with Gasteiger partial charge in [0.2, 0.25) is 0 Å². The van der Waals surface area contributed by atoms with Gasteiger partial charge in [-0.1, -0.05) is 42.5 Å². The first kappa shape index (κ1) is 19.2. The molecule has 0 spiro atoms. The van der Waals surface area contributed by atoms with E-state index < -0.39 is 6.04 Å². The van der Waals surface area contributed by atoms with Crippen molar-refractivity contribution in [1.82, 2.24) is 5.32 Å². The minimum atomic E-state index is -0.517. The molecular formula is C25H23N3O3. The van der Waals surface area contributed by atoms with Crippen molar-refractivity contribution in [2.75, 3.05) is 10.2 Å². The molecule has 0 saturated heterocycles. The van der Waals surface area contributed by atoms with Gasteiger partial charge in [0, 0.05) is 17.7 Å². The largest absolute Gasteiger partial charge is 0.467 e. The Morgan fingerprint density at radius 3 is 2.65 bits per heavy atom. The Kier molecular flexibility index (Phi) is 5.04. The number of ketones is 1. The van der Waals surface area contributed by atoms with E-state index in [1.54, 1.807) is 17.2 Å². The molecule has 1 aromatic heterocycles. The molecule has 5 rings (SSSR count). The third-order valence-corrected chi connectivity index (χ3v) is 5.76. The molecule has 2 heterocycles. The van der Waals surface area contributed by atoms with E-state index >= 15 is 0 Å². The van der Waals surface area contributed by atoms with E-state index in [1.165, 1.54) is 0 Å². The van der Waals surface area contributed by atoms with Crippen LogP contribution in [0.25, 0.3) is 0 Å². The van der Waals surface area contributed by atoms with Gasteiger partial charge in [-0.3, -0.25) is 9.69 Å². The number of anilines is 2. The fourth-order valence-corrected chi connectivity index (χ4v) is 4.37. The summed E-state index contributed by atoms with van der Waals surface area (Å²) >= 11 is 0. The molecule has 0 radical (unpaired) electrons. The summed E-state index contributed by atoms with van der Waals surface area (Å²) in [6.07, 6.45) is 3.65. The molecule has 0 saturated carbocycles. The number of Topliss-reactive ketones (excluding diaryl/α,β-unsaturated/α-hetero) is 1. The van der Waals surface area contributed by atoms with Crippen LogP contribution in [0.2, 0.25) is 0 Å². The summed E-state index contributed by atoms with van der Waals surface area (Å²) in [5.74, 6) is 0.749. The molecule has 6 nitrogen and oxygen atoms in total. The van der Waals surface area contributed by atoms with Crippen LogP contribution in [0.5, 0.6) is 0 Å². The normalized spacial score (nSPS) is 18.0. The van der Waals surface area contributed by atoms with Crippen molar-refractivity contribution in [1.29, 1.82) is 0 Å². The number of amides is 2. The molecule has 31 heavy (non-hydrogen) atoms. The molecule has 6 heteroatoms. The number of nitrogens with zero attached hydrogens (tertiary/aromatic N) is 1. The Bertz CT molecular complexity index is 1140. The molecule has 0 bridgehead atoms. The molecule has 2 aliphatic rings. The SMILES string of the molecule is O=C1CCCC2=C1[C@@H](c1ccccc1)N(C(=O)NCc1ccco1)c1ccccc1N2. The highest BCUT2D eigenvalue weighted by molar-refractivity contribution is 6.05. The molecule has 1 aliphatic heterocycles. The van der Waals surface area contributed by atoms with Gasteiger partial charge in [0.15, 0.2) is 5.78 Å². The molecular weight excluding hydrogens is 390 g/mol. The Hall–Kier alpha value is -3.80. The highest BCUT2D eigenvalue weighted by Crippen LogP contribution is 2.44. The van der Waals surface area contributed by atoms with Crippen LogP contribution < -0.4 is 15.5 Å². The number of urea groups is 1. The molecule has 2 amide bonds. The predicted molar refractivity (Wildman–Crippen MR) is 119 cm³/mol. The lowest BCUT2D eigenvalue weighted by atomic mass is 9.86. The van der Waals surface area contributed by atoms with Gasteiger partial charge in [-0.05, 0) is 42.7 Å². The maximum Gasteiger partial charge on any atom is 0.323 e. The Morgan fingerprint density at radius 1 is 1.03 bits per heavy atom. The zero-order valence-electron chi connectivity index (χ0n) is 17.0. The standard InChI is InChI=1S/C25H23N3O3/c29-22-14-6-12-20-23(22)24(17-8-2-1-3-9-17)28(21-13-5-4-11-19(21)27-20)25(30)26-16-18-10-7-15-31-18/h1-5,7-11,13,15,24,27H,6,12,14,16H2,(H,26,30)/t24-/m1/s1. The number of hydrogen-bond acceptors (Lipinski definition) is 4. The number of rotatable bonds is 3. The number of furan rings is 1. The number of nitrogens with one attached hydrogen (secondary N) is 2. The van der Waals surface area contributed by atoms with E-state index in [9.17, 15) is 9.59 Å². The van der Waals surface area contributed by atoms with Crippen LogP contribution in [0, 0.1) is 0 Å². The van der Waals surface area contributed by atoms with Crippen molar-refractivity contribution in [2.45, 2.75) is 31.8 Å². The highest BCUT2D eigenvalue weighted by Gasteiger charge is 2.39.